The Balaban J connectivity index is 0. The molecule has 4 nitrogen and oxygen atoms in total. The van der Waals surface area contributed by atoms with Crippen molar-refractivity contribution in [1.29, 1.82) is 0 Å². The van der Waals surface area contributed by atoms with Gasteiger partial charge in [-0.1, -0.05) is 13.8 Å². The van der Waals surface area contributed by atoms with Gasteiger partial charge in [0.05, 0.1) is 13.2 Å². The number of aliphatic hydroxyl groups excluding tert-OH is 2. The molecule has 0 aromatic heterocycles. The molecule has 0 aromatic carbocycles. The molecule has 0 saturated carbocycles. The summed E-state index contributed by atoms with van der Waals surface area (Å²) in [5, 5.41) is 16.4. The zero-order valence-electron chi connectivity index (χ0n) is 8.03. The van der Waals surface area contributed by atoms with Crippen molar-refractivity contribution in [2.24, 2.45) is 11.5 Å². The minimum Gasteiger partial charge on any atom is -0.395 e. The Bertz CT molecular complexity index is 63.5. The molecule has 0 amide bonds. The molecule has 4 heteroatoms. The molecule has 12 heavy (non-hydrogen) atoms. The Hall–Kier alpha value is -0.160. The Morgan fingerprint density at radius 2 is 1.17 bits per heavy atom. The van der Waals surface area contributed by atoms with E-state index < -0.39 is 0 Å². The lowest BCUT2D eigenvalue weighted by Gasteiger charge is -1.98. The minimum absolute atomic E-state index is 0.00926. The lowest BCUT2D eigenvalue weighted by Crippen LogP contribution is -2.22. The highest BCUT2D eigenvalue weighted by atomic mass is 16.3. The molecule has 0 rings (SSSR count). The maximum atomic E-state index is 8.21. The first-order valence-electron chi connectivity index (χ1n) is 4.35. The van der Waals surface area contributed by atoms with Crippen LogP contribution in [0.1, 0.15) is 26.7 Å². The van der Waals surface area contributed by atoms with Gasteiger partial charge in [0.15, 0.2) is 0 Å². The van der Waals surface area contributed by atoms with Crippen LogP contribution >= 0.6 is 0 Å². The molecule has 76 valence electrons. The van der Waals surface area contributed by atoms with Gasteiger partial charge in [0.2, 0.25) is 0 Å². The molecule has 0 aliphatic heterocycles. The van der Waals surface area contributed by atoms with Crippen molar-refractivity contribution < 1.29 is 10.2 Å². The van der Waals surface area contributed by atoms with E-state index in [1.807, 2.05) is 13.8 Å². The first kappa shape index (κ1) is 14.4. The summed E-state index contributed by atoms with van der Waals surface area (Å²) in [6.07, 6.45) is 1.72. The van der Waals surface area contributed by atoms with Crippen molar-refractivity contribution in [2.75, 3.05) is 13.2 Å². The van der Waals surface area contributed by atoms with E-state index in [9.17, 15) is 0 Å². The maximum absolute atomic E-state index is 8.21. The van der Waals surface area contributed by atoms with Crippen LogP contribution in [-0.2, 0) is 0 Å². The molecular weight excluding hydrogens is 156 g/mol. The zero-order chi connectivity index (χ0) is 9.98. The first-order chi connectivity index (χ1) is 5.62. The Labute approximate surface area is 74.6 Å². The highest BCUT2D eigenvalue weighted by Gasteiger charge is 1.90. The molecule has 0 aliphatic carbocycles. The molecule has 0 heterocycles. The third kappa shape index (κ3) is 12.5. The van der Waals surface area contributed by atoms with E-state index in [0.29, 0.717) is 0 Å². The van der Waals surface area contributed by atoms with Crippen LogP contribution in [0.3, 0.4) is 0 Å². The van der Waals surface area contributed by atoms with Crippen LogP contribution in [0.4, 0.5) is 0 Å². The monoisotopic (exact) mass is 178 g/mol. The van der Waals surface area contributed by atoms with Gasteiger partial charge in [-0.3, -0.25) is 0 Å². The van der Waals surface area contributed by atoms with Crippen molar-refractivity contribution in [1.82, 2.24) is 0 Å². The first-order valence-corrected chi connectivity index (χ1v) is 4.35. The van der Waals surface area contributed by atoms with E-state index in [1.54, 1.807) is 0 Å². The Morgan fingerprint density at radius 3 is 1.17 bits per heavy atom. The van der Waals surface area contributed by atoms with Crippen LogP contribution < -0.4 is 11.5 Å². The van der Waals surface area contributed by atoms with Crippen LogP contribution in [0.15, 0.2) is 0 Å². The average molecular weight is 178 g/mol. The lowest BCUT2D eigenvalue weighted by molar-refractivity contribution is 0.263. The lowest BCUT2D eigenvalue weighted by atomic mass is 10.3. The van der Waals surface area contributed by atoms with Crippen LogP contribution in [0.25, 0.3) is 0 Å². The standard InChI is InChI=1S/2C4H11NO/c2*1-2-4(5)3-6/h2*4,6H,2-3,5H2,1H3/t2*4-/m00/s1. The van der Waals surface area contributed by atoms with Crippen LogP contribution in [0, 0.1) is 0 Å². The molecule has 0 spiro atoms. The van der Waals surface area contributed by atoms with Crippen molar-refractivity contribution in [3.63, 3.8) is 0 Å². The van der Waals surface area contributed by atoms with Gasteiger partial charge in [0.25, 0.3) is 0 Å². The van der Waals surface area contributed by atoms with E-state index in [0.717, 1.165) is 12.8 Å². The van der Waals surface area contributed by atoms with E-state index in [2.05, 4.69) is 0 Å². The molecule has 0 aliphatic rings. The topological polar surface area (TPSA) is 92.5 Å². The largest absolute Gasteiger partial charge is 0.395 e. The summed E-state index contributed by atoms with van der Waals surface area (Å²) in [5.41, 5.74) is 10.4. The van der Waals surface area contributed by atoms with Gasteiger partial charge in [0.1, 0.15) is 0 Å². The molecule has 0 saturated heterocycles. The molecule has 0 aromatic rings. The summed E-state index contributed by atoms with van der Waals surface area (Å²) in [6.45, 7) is 4.11. The number of nitrogens with two attached hydrogens (primary N) is 2. The van der Waals surface area contributed by atoms with Crippen molar-refractivity contribution in [2.45, 2.75) is 38.8 Å². The number of hydrogen-bond donors (Lipinski definition) is 4. The summed E-state index contributed by atoms with van der Waals surface area (Å²) in [7, 11) is 0. The summed E-state index contributed by atoms with van der Waals surface area (Å²) < 4.78 is 0. The van der Waals surface area contributed by atoms with Crippen LogP contribution in [-0.4, -0.2) is 35.5 Å². The highest BCUT2D eigenvalue weighted by Crippen LogP contribution is 1.79. The third-order valence-corrected chi connectivity index (χ3v) is 1.52. The second-order valence-corrected chi connectivity index (χ2v) is 2.70. The smallest absolute Gasteiger partial charge is 0.0582 e. The molecule has 0 radical (unpaired) electrons. The fourth-order valence-corrected chi connectivity index (χ4v) is 0.258. The highest BCUT2D eigenvalue weighted by molar-refractivity contribution is 4.52. The maximum Gasteiger partial charge on any atom is 0.0582 e. The summed E-state index contributed by atoms with van der Waals surface area (Å²) in [6, 6.07) is -0.0185. The second kappa shape index (κ2) is 10.8. The predicted octanol–water partition coefficient (Wildman–Crippen LogP) is -0.568. The quantitative estimate of drug-likeness (QED) is 0.464. The van der Waals surface area contributed by atoms with Gasteiger partial charge < -0.3 is 21.7 Å². The van der Waals surface area contributed by atoms with Gasteiger partial charge >= 0.3 is 0 Å². The summed E-state index contributed by atoms with van der Waals surface area (Å²) in [4.78, 5) is 0. The van der Waals surface area contributed by atoms with Crippen LogP contribution in [0.2, 0.25) is 0 Å². The number of rotatable bonds is 4. The molecule has 0 fully saturated rings. The van der Waals surface area contributed by atoms with E-state index in [-0.39, 0.29) is 25.3 Å². The summed E-state index contributed by atoms with van der Waals surface area (Å²) >= 11 is 0. The van der Waals surface area contributed by atoms with Crippen molar-refractivity contribution in [3.05, 3.63) is 0 Å². The normalized spacial score (nSPS) is 14.5. The fourth-order valence-electron chi connectivity index (χ4n) is 0.258. The number of hydrogen-bond acceptors (Lipinski definition) is 4. The molecule has 0 bridgehead atoms. The Kier molecular flexibility index (Phi) is 13.0. The predicted molar refractivity (Wildman–Crippen MR) is 50.7 cm³/mol. The minimum atomic E-state index is -0.00926. The van der Waals surface area contributed by atoms with Gasteiger partial charge in [-0.15, -0.1) is 0 Å². The van der Waals surface area contributed by atoms with Gasteiger partial charge in [-0.05, 0) is 12.8 Å². The zero-order valence-corrected chi connectivity index (χ0v) is 8.03. The van der Waals surface area contributed by atoms with Crippen molar-refractivity contribution in [3.8, 4) is 0 Å². The van der Waals surface area contributed by atoms with Gasteiger partial charge in [-0.2, -0.15) is 0 Å². The van der Waals surface area contributed by atoms with Gasteiger partial charge in [-0.25, -0.2) is 0 Å². The molecule has 2 atom stereocenters. The van der Waals surface area contributed by atoms with E-state index in [4.69, 9.17) is 21.7 Å². The Morgan fingerprint density at radius 1 is 0.917 bits per heavy atom. The fraction of sp³-hybridized carbons (Fsp3) is 1.00. The van der Waals surface area contributed by atoms with E-state index in [1.165, 1.54) is 0 Å². The SMILES string of the molecule is CC[C@H](N)CO.CC[C@H](N)CO. The number of aliphatic hydroxyl groups is 2. The van der Waals surface area contributed by atoms with Crippen molar-refractivity contribution >= 4 is 0 Å². The summed E-state index contributed by atoms with van der Waals surface area (Å²) in [5.74, 6) is 0. The van der Waals surface area contributed by atoms with E-state index >= 15 is 0 Å². The second-order valence-electron chi connectivity index (χ2n) is 2.70. The van der Waals surface area contributed by atoms with Crippen LogP contribution in [0.5, 0.6) is 0 Å². The molecule has 0 unspecified atom stereocenters. The third-order valence-electron chi connectivity index (χ3n) is 1.52. The average Bonchev–Trinajstić information content (AvgIpc) is 2.16. The molecule has 6 N–H and O–H groups in total. The van der Waals surface area contributed by atoms with Gasteiger partial charge in [0, 0.05) is 12.1 Å². The molecular formula is C8H22N2O2.